The molecule has 3 rings (SSSR count). The van der Waals surface area contributed by atoms with Crippen LogP contribution in [0.4, 0.5) is 5.69 Å². The molecular weight excluding hydrogens is 422 g/mol. The molecule has 2 N–H and O–H groups in total. The number of nitrogens with zero attached hydrogens (tertiary/aromatic N) is 1. The van der Waals surface area contributed by atoms with Crippen molar-refractivity contribution in [2.75, 3.05) is 18.2 Å². The number of nitrogens with one attached hydrogen (secondary N) is 2. The summed E-state index contributed by atoms with van der Waals surface area (Å²) in [4.78, 5) is 26.6. The number of carbonyl (C=O) groups is 2. The Morgan fingerprint density at radius 3 is 2.31 bits per heavy atom. The van der Waals surface area contributed by atoms with Gasteiger partial charge in [-0.05, 0) is 60.2 Å². The summed E-state index contributed by atoms with van der Waals surface area (Å²) in [5.41, 5.74) is 1.85. The summed E-state index contributed by atoms with van der Waals surface area (Å²) in [7, 11) is 1.58. The molecule has 160 valence electrons. The van der Waals surface area contributed by atoms with Crippen LogP contribution in [0.25, 0.3) is 6.08 Å². The van der Waals surface area contributed by atoms with Crippen LogP contribution in [0.5, 0.6) is 5.75 Å². The van der Waals surface area contributed by atoms with Gasteiger partial charge in [-0.25, -0.2) is 0 Å². The Morgan fingerprint density at radius 1 is 1.00 bits per heavy atom. The highest BCUT2D eigenvalue weighted by Crippen LogP contribution is 2.20. The van der Waals surface area contributed by atoms with Crippen molar-refractivity contribution in [1.29, 1.82) is 5.26 Å². The fourth-order valence-corrected chi connectivity index (χ4v) is 3.32. The molecule has 32 heavy (non-hydrogen) atoms. The first-order valence-corrected chi connectivity index (χ1v) is 10.7. The lowest BCUT2D eigenvalue weighted by Gasteiger charge is -2.12. The highest BCUT2D eigenvalue weighted by molar-refractivity contribution is 7.99. The lowest BCUT2D eigenvalue weighted by Crippen LogP contribution is -2.30. The van der Waals surface area contributed by atoms with Gasteiger partial charge in [-0.2, -0.15) is 5.26 Å². The molecule has 0 aliphatic heterocycles. The van der Waals surface area contributed by atoms with E-state index < -0.39 is 5.91 Å². The van der Waals surface area contributed by atoms with Crippen LogP contribution in [0.15, 0.2) is 89.5 Å². The van der Waals surface area contributed by atoms with Gasteiger partial charge in [-0.15, -0.1) is 11.8 Å². The van der Waals surface area contributed by atoms with E-state index in [0.717, 1.165) is 10.5 Å². The summed E-state index contributed by atoms with van der Waals surface area (Å²) in [6.45, 7) is 0. The molecule has 3 aromatic rings. The number of rotatable bonds is 8. The molecule has 0 saturated heterocycles. The number of hydrogen-bond donors (Lipinski definition) is 2. The maximum absolute atomic E-state index is 13.0. The number of amides is 2. The minimum atomic E-state index is -0.456. The Bertz CT molecular complexity index is 1140. The lowest BCUT2D eigenvalue weighted by atomic mass is 10.1. The zero-order valence-electron chi connectivity index (χ0n) is 17.4. The molecule has 0 aliphatic rings. The molecule has 0 aliphatic carbocycles. The average molecular weight is 444 g/mol. The summed E-state index contributed by atoms with van der Waals surface area (Å²) < 4.78 is 5.17. The SMILES string of the molecule is COc1ccc(/C=C(\NC(=O)c2ccccc2)C(=O)Nc2ccc(SCC#N)cc2)cc1. The maximum Gasteiger partial charge on any atom is 0.272 e. The molecule has 0 aromatic heterocycles. The van der Waals surface area contributed by atoms with Crippen molar-refractivity contribution < 1.29 is 14.3 Å². The van der Waals surface area contributed by atoms with E-state index in [1.165, 1.54) is 11.8 Å². The fourth-order valence-electron chi connectivity index (χ4n) is 2.76. The highest BCUT2D eigenvalue weighted by atomic mass is 32.2. The van der Waals surface area contributed by atoms with E-state index in [9.17, 15) is 9.59 Å². The highest BCUT2D eigenvalue weighted by Gasteiger charge is 2.15. The van der Waals surface area contributed by atoms with Crippen LogP contribution >= 0.6 is 11.8 Å². The minimum Gasteiger partial charge on any atom is -0.497 e. The summed E-state index contributed by atoms with van der Waals surface area (Å²) in [6, 6.07) is 25.1. The number of ether oxygens (including phenoxy) is 1. The molecular formula is C25H21N3O3S. The summed E-state index contributed by atoms with van der Waals surface area (Å²) in [5.74, 6) is 0.202. The molecule has 0 bridgehead atoms. The quantitative estimate of drug-likeness (QED) is 0.388. The Hall–Kier alpha value is -4.02. The zero-order chi connectivity index (χ0) is 22.8. The second-order valence-electron chi connectivity index (χ2n) is 6.58. The average Bonchev–Trinajstić information content (AvgIpc) is 2.84. The predicted octanol–water partition coefficient (Wildman–Crippen LogP) is 4.72. The molecule has 0 saturated carbocycles. The van der Waals surface area contributed by atoms with Crippen molar-refractivity contribution >= 4 is 35.3 Å². The number of hydrogen-bond acceptors (Lipinski definition) is 5. The number of carbonyl (C=O) groups excluding carboxylic acids is 2. The van der Waals surface area contributed by atoms with E-state index in [4.69, 9.17) is 10.00 Å². The van der Waals surface area contributed by atoms with Crippen LogP contribution in [0, 0.1) is 11.3 Å². The first-order chi connectivity index (χ1) is 15.6. The van der Waals surface area contributed by atoms with E-state index in [0.29, 0.717) is 22.8 Å². The molecule has 7 heteroatoms. The second kappa shape index (κ2) is 11.4. The number of anilines is 1. The lowest BCUT2D eigenvalue weighted by molar-refractivity contribution is -0.113. The van der Waals surface area contributed by atoms with Crippen LogP contribution in [-0.4, -0.2) is 24.7 Å². The van der Waals surface area contributed by atoms with Gasteiger partial charge in [0.1, 0.15) is 11.4 Å². The van der Waals surface area contributed by atoms with Crippen LogP contribution in [0.2, 0.25) is 0 Å². The van der Waals surface area contributed by atoms with Crippen LogP contribution < -0.4 is 15.4 Å². The van der Waals surface area contributed by atoms with Crippen molar-refractivity contribution in [3.8, 4) is 11.8 Å². The second-order valence-corrected chi connectivity index (χ2v) is 7.63. The normalized spacial score (nSPS) is 10.7. The number of benzene rings is 3. The van der Waals surface area contributed by atoms with E-state index in [1.54, 1.807) is 73.8 Å². The third-order valence-electron chi connectivity index (χ3n) is 4.37. The predicted molar refractivity (Wildman–Crippen MR) is 126 cm³/mol. The monoisotopic (exact) mass is 443 g/mol. The zero-order valence-corrected chi connectivity index (χ0v) is 18.2. The van der Waals surface area contributed by atoms with Gasteiger partial charge in [0, 0.05) is 16.1 Å². The van der Waals surface area contributed by atoms with Gasteiger partial charge in [0.2, 0.25) is 0 Å². The van der Waals surface area contributed by atoms with Crippen LogP contribution in [-0.2, 0) is 4.79 Å². The fraction of sp³-hybridized carbons (Fsp3) is 0.0800. The largest absolute Gasteiger partial charge is 0.497 e. The summed E-state index contributed by atoms with van der Waals surface area (Å²) in [5, 5.41) is 14.2. The maximum atomic E-state index is 13.0. The third-order valence-corrected chi connectivity index (χ3v) is 5.25. The van der Waals surface area contributed by atoms with Gasteiger partial charge >= 0.3 is 0 Å². The van der Waals surface area contributed by atoms with Crippen molar-refractivity contribution in [2.24, 2.45) is 0 Å². The summed E-state index contributed by atoms with van der Waals surface area (Å²) in [6.07, 6.45) is 1.60. The number of methoxy groups -OCH3 is 1. The molecule has 6 nitrogen and oxygen atoms in total. The first kappa shape index (κ1) is 22.7. The molecule has 0 radical (unpaired) electrons. The van der Waals surface area contributed by atoms with Gasteiger partial charge in [0.25, 0.3) is 11.8 Å². The van der Waals surface area contributed by atoms with Crippen molar-refractivity contribution in [1.82, 2.24) is 5.32 Å². The van der Waals surface area contributed by atoms with Gasteiger partial charge < -0.3 is 15.4 Å². The topological polar surface area (TPSA) is 91.2 Å². The number of nitriles is 1. The number of thioether (sulfide) groups is 1. The van der Waals surface area contributed by atoms with Gasteiger partial charge in [0.15, 0.2) is 0 Å². The molecule has 0 unspecified atom stereocenters. The molecule has 2 amide bonds. The Kier molecular flexibility index (Phi) is 8.07. The smallest absolute Gasteiger partial charge is 0.272 e. The van der Waals surface area contributed by atoms with Gasteiger partial charge in [-0.1, -0.05) is 30.3 Å². The Labute approximate surface area is 190 Å². The van der Waals surface area contributed by atoms with Crippen LogP contribution in [0.3, 0.4) is 0 Å². The Morgan fingerprint density at radius 2 is 1.69 bits per heavy atom. The van der Waals surface area contributed by atoms with E-state index in [-0.39, 0.29) is 11.6 Å². The molecule has 3 aromatic carbocycles. The van der Waals surface area contributed by atoms with Gasteiger partial charge in [-0.3, -0.25) is 9.59 Å². The van der Waals surface area contributed by atoms with Gasteiger partial charge in [0.05, 0.1) is 18.9 Å². The summed E-state index contributed by atoms with van der Waals surface area (Å²) >= 11 is 1.41. The van der Waals surface area contributed by atoms with E-state index >= 15 is 0 Å². The third kappa shape index (κ3) is 6.49. The molecule has 0 heterocycles. The van der Waals surface area contributed by atoms with Crippen molar-refractivity contribution in [3.05, 3.63) is 95.7 Å². The van der Waals surface area contributed by atoms with Crippen LogP contribution in [0.1, 0.15) is 15.9 Å². The first-order valence-electron chi connectivity index (χ1n) is 9.72. The van der Waals surface area contributed by atoms with E-state index in [2.05, 4.69) is 16.7 Å². The Balaban J connectivity index is 1.81. The molecule has 0 fully saturated rings. The van der Waals surface area contributed by atoms with E-state index in [1.807, 2.05) is 18.2 Å². The van der Waals surface area contributed by atoms with Crippen molar-refractivity contribution in [2.45, 2.75) is 4.90 Å². The molecule has 0 spiro atoms. The molecule has 0 atom stereocenters. The standard InChI is InChI=1S/C25H21N3O3S/c1-31-21-11-7-18(8-12-21)17-23(28-24(29)19-5-3-2-4-6-19)25(30)27-20-9-13-22(14-10-20)32-16-15-26/h2-14,17H,16H2,1H3,(H,27,30)(H,28,29)/b23-17-. The minimum absolute atomic E-state index is 0.104. The van der Waals surface area contributed by atoms with Crippen molar-refractivity contribution in [3.63, 3.8) is 0 Å².